The minimum Gasteiger partial charge on any atom is -0.382 e. The van der Waals surface area contributed by atoms with E-state index in [1.807, 2.05) is 13.8 Å². The molecule has 1 heteroatoms. The predicted molar refractivity (Wildman–Crippen MR) is 49.9 cm³/mol. The summed E-state index contributed by atoms with van der Waals surface area (Å²) in [6, 6.07) is 0. The van der Waals surface area contributed by atoms with Crippen molar-refractivity contribution in [2.75, 3.05) is 13.2 Å². The fourth-order valence-electron chi connectivity index (χ4n) is 1.26. The molecule has 11 heavy (non-hydrogen) atoms. The molecule has 1 fully saturated rings. The predicted octanol–water partition coefficient (Wildman–Crippen LogP) is 3.38. The van der Waals surface area contributed by atoms with Gasteiger partial charge in [-0.2, -0.15) is 0 Å². The summed E-state index contributed by atoms with van der Waals surface area (Å²) >= 11 is 0. The first-order chi connectivity index (χ1) is 5.41. The minimum atomic E-state index is 0.844. The topological polar surface area (TPSA) is 9.23 Å². The molecule has 68 valence electrons. The van der Waals surface area contributed by atoms with E-state index in [1.165, 1.54) is 38.5 Å². The highest BCUT2D eigenvalue weighted by atomic mass is 16.5. The molecule has 0 aromatic carbocycles. The molecule has 1 nitrogen and oxygen atoms in total. The van der Waals surface area contributed by atoms with E-state index in [-0.39, 0.29) is 0 Å². The Balaban J connectivity index is 0.000000187. The first-order valence-corrected chi connectivity index (χ1v) is 4.99. The van der Waals surface area contributed by atoms with Gasteiger partial charge < -0.3 is 4.74 Å². The standard InChI is InChI=1S/C6H12.C4H10O/c1-2-4-6-5-3-1;1-3-5-4-2/h1-6H2;3-4H2,1-2H3. The van der Waals surface area contributed by atoms with Gasteiger partial charge in [0.05, 0.1) is 0 Å². The molecule has 0 atom stereocenters. The van der Waals surface area contributed by atoms with Gasteiger partial charge in [0.2, 0.25) is 0 Å². The lowest BCUT2D eigenvalue weighted by Crippen LogP contribution is -1.85. The molecule has 0 aliphatic heterocycles. The number of rotatable bonds is 2. The molecule has 1 rings (SSSR count). The van der Waals surface area contributed by atoms with Crippen LogP contribution in [0, 0.1) is 0 Å². The summed E-state index contributed by atoms with van der Waals surface area (Å²) in [4.78, 5) is 0. The largest absolute Gasteiger partial charge is 0.382 e. The van der Waals surface area contributed by atoms with E-state index in [4.69, 9.17) is 4.74 Å². The van der Waals surface area contributed by atoms with Crippen molar-refractivity contribution in [1.82, 2.24) is 0 Å². The molecule has 0 amide bonds. The first-order valence-electron chi connectivity index (χ1n) is 4.99. The van der Waals surface area contributed by atoms with Gasteiger partial charge in [-0.1, -0.05) is 38.5 Å². The quantitative estimate of drug-likeness (QED) is 0.598. The first kappa shape index (κ1) is 11.0. The maximum atomic E-state index is 4.83. The molecule has 0 bridgehead atoms. The van der Waals surface area contributed by atoms with Gasteiger partial charge in [-0.25, -0.2) is 0 Å². The highest BCUT2D eigenvalue weighted by Crippen LogP contribution is 2.15. The van der Waals surface area contributed by atoms with Crippen molar-refractivity contribution < 1.29 is 4.74 Å². The molecule has 0 aromatic heterocycles. The van der Waals surface area contributed by atoms with Crippen LogP contribution in [0.25, 0.3) is 0 Å². The molecular formula is C10H22O. The molecule has 1 aliphatic carbocycles. The summed E-state index contributed by atoms with van der Waals surface area (Å²) in [5.74, 6) is 0. The Kier molecular flexibility index (Phi) is 9.92. The van der Waals surface area contributed by atoms with Crippen LogP contribution in [0.1, 0.15) is 52.4 Å². The van der Waals surface area contributed by atoms with Crippen molar-refractivity contribution >= 4 is 0 Å². The van der Waals surface area contributed by atoms with E-state index in [2.05, 4.69) is 0 Å². The molecular weight excluding hydrogens is 136 g/mol. The second kappa shape index (κ2) is 9.96. The van der Waals surface area contributed by atoms with Crippen molar-refractivity contribution in [2.24, 2.45) is 0 Å². The van der Waals surface area contributed by atoms with Crippen molar-refractivity contribution in [2.45, 2.75) is 52.4 Å². The smallest absolute Gasteiger partial charge is 0.0437 e. The summed E-state index contributed by atoms with van der Waals surface area (Å²) in [5.41, 5.74) is 0. The van der Waals surface area contributed by atoms with E-state index >= 15 is 0 Å². The Bertz CT molecular complexity index is 44.4. The second-order valence-corrected chi connectivity index (χ2v) is 2.90. The molecule has 0 unspecified atom stereocenters. The van der Waals surface area contributed by atoms with E-state index < -0.39 is 0 Å². The van der Waals surface area contributed by atoms with Gasteiger partial charge in [0, 0.05) is 13.2 Å². The van der Waals surface area contributed by atoms with Crippen LogP contribution in [0.4, 0.5) is 0 Å². The molecule has 0 aromatic rings. The van der Waals surface area contributed by atoms with Crippen molar-refractivity contribution in [3.05, 3.63) is 0 Å². The highest BCUT2D eigenvalue weighted by Gasteiger charge is 1.95. The fourth-order valence-corrected chi connectivity index (χ4v) is 1.26. The summed E-state index contributed by atoms with van der Waals surface area (Å²) < 4.78 is 4.83. The average Bonchev–Trinajstić information content (AvgIpc) is 2.10. The average molecular weight is 158 g/mol. The zero-order valence-electron chi connectivity index (χ0n) is 8.07. The van der Waals surface area contributed by atoms with Crippen LogP contribution >= 0.6 is 0 Å². The van der Waals surface area contributed by atoms with Gasteiger partial charge in [-0.15, -0.1) is 0 Å². The third kappa shape index (κ3) is 9.96. The maximum Gasteiger partial charge on any atom is 0.0437 e. The second-order valence-electron chi connectivity index (χ2n) is 2.90. The Morgan fingerprint density at radius 1 is 0.727 bits per heavy atom. The highest BCUT2D eigenvalue weighted by molar-refractivity contribution is 4.51. The summed E-state index contributed by atoms with van der Waals surface area (Å²) in [5, 5.41) is 0. The molecule has 0 radical (unpaired) electrons. The lowest BCUT2D eigenvalue weighted by atomic mass is 10.0. The van der Waals surface area contributed by atoms with E-state index in [1.54, 1.807) is 0 Å². The zero-order valence-corrected chi connectivity index (χ0v) is 8.07. The van der Waals surface area contributed by atoms with E-state index in [0.717, 1.165) is 13.2 Å². The Hall–Kier alpha value is -0.0400. The molecule has 1 saturated carbocycles. The van der Waals surface area contributed by atoms with Crippen molar-refractivity contribution in [3.63, 3.8) is 0 Å². The minimum absolute atomic E-state index is 0.844. The Morgan fingerprint density at radius 2 is 1.00 bits per heavy atom. The van der Waals surface area contributed by atoms with Crippen LogP contribution < -0.4 is 0 Å². The summed E-state index contributed by atoms with van der Waals surface area (Å²) in [6.45, 7) is 5.67. The van der Waals surface area contributed by atoms with Crippen LogP contribution in [0.2, 0.25) is 0 Å². The summed E-state index contributed by atoms with van der Waals surface area (Å²) in [7, 11) is 0. The van der Waals surface area contributed by atoms with Crippen molar-refractivity contribution in [3.8, 4) is 0 Å². The van der Waals surface area contributed by atoms with Crippen LogP contribution in [0.15, 0.2) is 0 Å². The number of hydrogen-bond acceptors (Lipinski definition) is 1. The Labute approximate surface area is 71.1 Å². The van der Waals surface area contributed by atoms with Gasteiger partial charge >= 0.3 is 0 Å². The van der Waals surface area contributed by atoms with E-state index in [9.17, 15) is 0 Å². The van der Waals surface area contributed by atoms with Crippen LogP contribution in [-0.2, 0) is 4.74 Å². The van der Waals surface area contributed by atoms with Gasteiger partial charge in [0.1, 0.15) is 0 Å². The van der Waals surface area contributed by atoms with Crippen LogP contribution in [0.5, 0.6) is 0 Å². The van der Waals surface area contributed by atoms with Crippen LogP contribution in [-0.4, -0.2) is 13.2 Å². The Morgan fingerprint density at radius 3 is 1.09 bits per heavy atom. The molecule has 0 saturated heterocycles. The monoisotopic (exact) mass is 158 g/mol. The lowest BCUT2D eigenvalue weighted by molar-refractivity contribution is 0.162. The molecule has 0 spiro atoms. The SMILES string of the molecule is C1CCCCC1.CCOCC. The van der Waals surface area contributed by atoms with E-state index in [0.29, 0.717) is 0 Å². The van der Waals surface area contributed by atoms with Gasteiger partial charge in [0.25, 0.3) is 0 Å². The summed E-state index contributed by atoms with van der Waals surface area (Å²) in [6.07, 6.45) is 9.00. The number of ether oxygens (including phenoxy) is 1. The van der Waals surface area contributed by atoms with Gasteiger partial charge in [-0.05, 0) is 13.8 Å². The normalized spacial score (nSPS) is 16.9. The third-order valence-corrected chi connectivity index (χ3v) is 1.91. The van der Waals surface area contributed by atoms with Crippen LogP contribution in [0.3, 0.4) is 0 Å². The fraction of sp³-hybridized carbons (Fsp3) is 1.00. The third-order valence-electron chi connectivity index (χ3n) is 1.91. The van der Waals surface area contributed by atoms with Gasteiger partial charge in [-0.3, -0.25) is 0 Å². The van der Waals surface area contributed by atoms with Crippen molar-refractivity contribution in [1.29, 1.82) is 0 Å². The van der Waals surface area contributed by atoms with Gasteiger partial charge in [0.15, 0.2) is 0 Å². The molecule has 0 N–H and O–H groups in total. The zero-order chi connectivity index (χ0) is 8.36. The lowest BCUT2D eigenvalue weighted by Gasteiger charge is -2.05. The molecule has 0 heterocycles. The maximum absolute atomic E-state index is 4.83. The number of hydrogen-bond donors (Lipinski definition) is 0. The molecule has 1 aliphatic rings.